The van der Waals surface area contributed by atoms with Crippen LogP contribution in [0.2, 0.25) is 0 Å². The summed E-state index contributed by atoms with van der Waals surface area (Å²) < 4.78 is 92.6. The van der Waals surface area contributed by atoms with E-state index in [9.17, 15) is 11.0 Å². The molecule has 0 bridgehead atoms. The molecule has 5 heterocycles. The van der Waals surface area contributed by atoms with Gasteiger partial charge < -0.3 is 18.4 Å². The second-order valence-corrected chi connectivity index (χ2v) is 25.1. The van der Waals surface area contributed by atoms with E-state index in [1.54, 1.807) is 0 Å². The molecule has 0 aliphatic carbocycles. The van der Waals surface area contributed by atoms with Gasteiger partial charge in [-0.25, -0.2) is 4.98 Å². The van der Waals surface area contributed by atoms with E-state index in [0.717, 1.165) is 77.2 Å². The summed E-state index contributed by atoms with van der Waals surface area (Å²) in [7, 11) is 0. The Morgan fingerprint density at radius 2 is 1.00 bits per heavy atom. The maximum atomic E-state index is 10.2. The van der Waals surface area contributed by atoms with Gasteiger partial charge in [0.2, 0.25) is 0 Å². The van der Waals surface area contributed by atoms with Gasteiger partial charge >= 0.3 is 0 Å². The largest absolute Gasteiger partial charge is 0.510 e. The molecule has 0 radical (unpaired) electrons. The van der Waals surface area contributed by atoms with Gasteiger partial charge in [0, 0.05) is 55.1 Å². The van der Waals surface area contributed by atoms with Crippen LogP contribution in [0.5, 0.6) is 11.5 Å². The molecular weight excluding hydrogens is 1220 g/mol. The molecule has 0 atom stereocenters. The molecule has 418 valence electrons. The Balaban J connectivity index is 0.00000749. The summed E-state index contributed by atoms with van der Waals surface area (Å²) in [6, 6.07) is 58.4. The first-order chi connectivity index (χ1) is 43.9. The average molecular weight is 1290 g/mol. The van der Waals surface area contributed by atoms with Crippen molar-refractivity contribution in [2.45, 2.75) is 78.6 Å². The fourth-order valence-corrected chi connectivity index (χ4v) is 12.2. The van der Waals surface area contributed by atoms with Crippen molar-refractivity contribution < 1.29 is 41.3 Å². The van der Waals surface area contributed by atoms with Crippen LogP contribution in [0.15, 0.2) is 218 Å². The normalized spacial score (nSPS) is 13.8. The number of benzene rings is 10. The zero-order valence-corrected chi connectivity index (χ0v) is 50.9. The molecule has 0 fully saturated rings. The first-order valence-corrected chi connectivity index (χ1v) is 28.5. The van der Waals surface area contributed by atoms with Crippen LogP contribution >= 0.6 is 0 Å². The van der Waals surface area contributed by atoms with E-state index in [1.807, 2.05) is 100 Å². The van der Waals surface area contributed by atoms with Crippen molar-refractivity contribution in [2.75, 3.05) is 0 Å². The monoisotopic (exact) mass is 1290 g/mol. The molecule has 0 amide bonds. The zero-order valence-electron chi connectivity index (χ0n) is 56.6. The van der Waals surface area contributed by atoms with Gasteiger partial charge in [-0.15, -0.1) is 29.7 Å². The smallest absolute Gasteiger partial charge is 0.268 e. The van der Waals surface area contributed by atoms with Crippen molar-refractivity contribution in [3.63, 3.8) is 0 Å². The van der Waals surface area contributed by atoms with Crippen molar-refractivity contribution in [3.05, 3.63) is 253 Å². The standard InChI is InChI=1S/C78H63N5O.Pt/c1-76(2,3)51-38-39-79-73(45-51)83-69-34-19-16-30-63(69)64-37-36-56(47-71(64)83)84-55-23-20-22-54(46-55)80-48-81-74-65(31-21-35-70(74)82-67-32-17-14-28-61(67)62-29-15-18-33-68(62)82)59-26-12-10-24-57(59)58-25-11-13-27-60(58)66-42-50(43-72(80)75(66)81)49-40-52(77(4,5)6)44-53(41-49)78(7,8)9;/h10-45H,1-9H3;/q-2;/i10D,11D,12D,13D,24D,25D,26D,27D;. The number of fused-ring (bicyclic) bond motifs is 13. The van der Waals surface area contributed by atoms with Gasteiger partial charge in [0.25, 0.3) is 6.33 Å². The van der Waals surface area contributed by atoms with Crippen LogP contribution in [-0.2, 0) is 37.3 Å². The van der Waals surface area contributed by atoms with E-state index in [1.165, 1.54) is 0 Å². The Morgan fingerprint density at radius 3 is 1.62 bits per heavy atom. The third-order valence-corrected chi connectivity index (χ3v) is 16.6. The Labute approximate surface area is 522 Å². The first kappa shape index (κ1) is 45.4. The first-order valence-electron chi connectivity index (χ1n) is 32.5. The van der Waals surface area contributed by atoms with E-state index >= 15 is 0 Å². The molecule has 15 rings (SSSR count). The fraction of sp³-hybridized carbons (Fsp3) is 0.154. The number of nitrogens with zero attached hydrogens (tertiary/aromatic N) is 5. The summed E-state index contributed by atoms with van der Waals surface area (Å²) in [5.41, 5.74) is 11.2. The number of hydrogen-bond acceptors (Lipinski definition) is 2. The Bertz CT molecular complexity index is 5420. The SMILES string of the molecule is [2H]c1c([2H])c([2H])c2c(c1[2H])-c1cccc(-n3c4ccccc4c4ccccc43)c1-[n+]1[c-]n(-c3[c-]c(Oc4[c-]c5c(cc4)c4ccccc4n5-c4cc(C(C)(C)C)ccn4)ccc3)c3cc(-c4cc(C(C)(C)C)cc(C(C)(C)C)c4)cc(c31)-c1c([2H])c([2H])c([2H])c([2H])c1-2.[Pt]. The molecule has 0 saturated carbocycles. The van der Waals surface area contributed by atoms with Gasteiger partial charge in [0.15, 0.2) is 0 Å². The predicted octanol–water partition coefficient (Wildman–Crippen LogP) is 19.6. The number of imidazole rings is 1. The molecule has 14 aromatic rings. The maximum Gasteiger partial charge on any atom is 0.268 e. The Hall–Kier alpha value is -9.09. The molecule has 0 unspecified atom stereocenters. The second kappa shape index (κ2) is 20.0. The van der Waals surface area contributed by atoms with Crippen LogP contribution in [0.4, 0.5) is 0 Å². The third kappa shape index (κ3) is 8.95. The molecule has 85 heavy (non-hydrogen) atoms. The van der Waals surface area contributed by atoms with Gasteiger partial charge in [-0.05, 0) is 131 Å². The predicted molar refractivity (Wildman–Crippen MR) is 346 cm³/mol. The van der Waals surface area contributed by atoms with Crippen molar-refractivity contribution in [1.82, 2.24) is 18.7 Å². The summed E-state index contributed by atoms with van der Waals surface area (Å²) in [5, 5.41) is 4.02. The van der Waals surface area contributed by atoms with Gasteiger partial charge in [0.1, 0.15) is 5.82 Å². The van der Waals surface area contributed by atoms with Crippen LogP contribution in [0.25, 0.3) is 122 Å². The number of rotatable bonds is 6. The van der Waals surface area contributed by atoms with Crippen LogP contribution in [0, 0.1) is 18.5 Å². The summed E-state index contributed by atoms with van der Waals surface area (Å²) in [6.45, 7) is 19.7. The van der Waals surface area contributed by atoms with Crippen molar-refractivity contribution in [2.24, 2.45) is 0 Å². The van der Waals surface area contributed by atoms with E-state index in [2.05, 4.69) is 169 Å². The number of hydrogen-bond donors (Lipinski definition) is 0. The molecule has 10 aromatic carbocycles. The average Bonchev–Trinajstić information content (AvgIpc) is 1.62. The van der Waals surface area contributed by atoms with E-state index < -0.39 is 36.3 Å². The minimum Gasteiger partial charge on any atom is -0.510 e. The number of ether oxygens (including phenoxy) is 1. The van der Waals surface area contributed by atoms with Crippen LogP contribution in [-0.4, -0.2) is 18.7 Å². The fourth-order valence-electron chi connectivity index (χ4n) is 12.2. The van der Waals surface area contributed by atoms with Gasteiger partial charge in [-0.2, -0.15) is 18.2 Å². The maximum absolute atomic E-state index is 10.2. The van der Waals surface area contributed by atoms with E-state index in [0.29, 0.717) is 50.7 Å². The molecule has 1 aliphatic rings. The third-order valence-electron chi connectivity index (χ3n) is 16.6. The van der Waals surface area contributed by atoms with Crippen LogP contribution in [0.1, 0.15) is 90.0 Å². The van der Waals surface area contributed by atoms with Gasteiger partial charge in [-0.3, -0.25) is 4.57 Å². The number of pyridine rings is 1. The van der Waals surface area contributed by atoms with Crippen LogP contribution in [0.3, 0.4) is 0 Å². The van der Waals surface area contributed by atoms with Gasteiger partial charge in [-0.1, -0.05) is 207 Å². The number of para-hydroxylation sites is 4. The summed E-state index contributed by atoms with van der Waals surface area (Å²) >= 11 is 0. The molecule has 0 spiro atoms. The molecule has 7 heteroatoms. The number of aromatic nitrogens is 5. The quantitative estimate of drug-likeness (QED) is 0.123. The zero-order chi connectivity index (χ0) is 64.4. The Kier molecular flexibility index (Phi) is 10.7. The van der Waals surface area contributed by atoms with Crippen molar-refractivity contribution >= 4 is 54.6 Å². The second-order valence-electron chi connectivity index (χ2n) is 25.1. The molecule has 6 nitrogen and oxygen atoms in total. The van der Waals surface area contributed by atoms with Gasteiger partial charge in [0.05, 0.1) is 44.4 Å². The summed E-state index contributed by atoms with van der Waals surface area (Å²) in [4.78, 5) is 4.90. The molecule has 0 saturated heterocycles. The summed E-state index contributed by atoms with van der Waals surface area (Å²) in [5.74, 6) is 1.57. The molecule has 0 N–H and O–H groups in total. The van der Waals surface area contributed by atoms with E-state index in [-0.39, 0.29) is 71.6 Å². The summed E-state index contributed by atoms with van der Waals surface area (Å²) in [6.07, 6.45) is 5.69. The van der Waals surface area contributed by atoms with Crippen molar-refractivity contribution in [3.8, 4) is 78.9 Å². The molecular formula is C78H63N5OPt-2. The van der Waals surface area contributed by atoms with Crippen molar-refractivity contribution in [1.29, 1.82) is 0 Å². The van der Waals surface area contributed by atoms with E-state index in [4.69, 9.17) is 9.72 Å². The Morgan fingerprint density at radius 1 is 0.459 bits per heavy atom. The molecule has 4 aromatic heterocycles. The molecule has 1 aliphatic heterocycles. The van der Waals surface area contributed by atoms with Crippen LogP contribution < -0.4 is 9.30 Å². The minimum absolute atomic E-state index is 0. The minimum atomic E-state index is -0.543. The topological polar surface area (TPSA) is 40.8 Å².